The fourth-order valence-corrected chi connectivity index (χ4v) is 1.15. The first-order valence-corrected chi connectivity index (χ1v) is 4.51. The molecule has 0 aliphatic carbocycles. The molecule has 0 N–H and O–H groups in total. The standard InChI is InChI=1S/C10H10Cl2/c1-7(8(2)11)9-3-5-10(12)6-4-9/h3-6,8H,1H2,2H3/t8-/m1/s1. The largest absolute Gasteiger partial charge is 0.118 e. The first kappa shape index (κ1) is 9.63. The fraction of sp³-hybridized carbons (Fsp3) is 0.200. The van der Waals surface area contributed by atoms with Crippen LogP contribution in [0.2, 0.25) is 5.02 Å². The average molecular weight is 201 g/mol. The zero-order chi connectivity index (χ0) is 9.14. The highest BCUT2D eigenvalue weighted by Gasteiger charge is 2.04. The molecule has 0 aliphatic heterocycles. The Morgan fingerprint density at radius 3 is 2.25 bits per heavy atom. The van der Waals surface area contributed by atoms with Crippen molar-refractivity contribution in [1.82, 2.24) is 0 Å². The molecule has 0 radical (unpaired) electrons. The number of benzene rings is 1. The van der Waals surface area contributed by atoms with Gasteiger partial charge in [-0.25, -0.2) is 0 Å². The number of hydrogen-bond donors (Lipinski definition) is 0. The normalized spacial score (nSPS) is 12.6. The third-order valence-corrected chi connectivity index (χ3v) is 2.21. The number of halogens is 2. The van der Waals surface area contributed by atoms with E-state index in [1.807, 2.05) is 31.2 Å². The maximum atomic E-state index is 5.87. The lowest BCUT2D eigenvalue weighted by molar-refractivity contribution is 1.25. The summed E-state index contributed by atoms with van der Waals surface area (Å²) in [6.45, 7) is 5.78. The molecule has 0 fully saturated rings. The van der Waals surface area contributed by atoms with Gasteiger partial charge in [-0.3, -0.25) is 0 Å². The van der Waals surface area contributed by atoms with Crippen molar-refractivity contribution in [2.75, 3.05) is 0 Å². The van der Waals surface area contributed by atoms with Crippen LogP contribution in [-0.4, -0.2) is 5.38 Å². The Balaban J connectivity index is 2.90. The molecule has 0 saturated heterocycles. The Bertz CT molecular complexity index is 272. The predicted molar refractivity (Wildman–Crippen MR) is 55.8 cm³/mol. The zero-order valence-electron chi connectivity index (χ0n) is 6.85. The van der Waals surface area contributed by atoms with Crippen molar-refractivity contribution in [2.24, 2.45) is 0 Å². The lowest BCUT2D eigenvalue weighted by Crippen LogP contribution is -1.93. The molecule has 0 spiro atoms. The van der Waals surface area contributed by atoms with Crippen LogP contribution in [0.5, 0.6) is 0 Å². The molecule has 1 rings (SSSR count). The molecule has 0 aliphatic rings. The van der Waals surface area contributed by atoms with Crippen molar-refractivity contribution in [3.8, 4) is 0 Å². The summed E-state index contributed by atoms with van der Waals surface area (Å²) in [7, 11) is 0. The van der Waals surface area contributed by atoms with Crippen molar-refractivity contribution in [2.45, 2.75) is 12.3 Å². The van der Waals surface area contributed by atoms with Crippen LogP contribution in [0.25, 0.3) is 5.57 Å². The molecule has 2 heteroatoms. The summed E-state index contributed by atoms with van der Waals surface area (Å²) in [6, 6.07) is 7.51. The molecule has 1 aromatic rings. The molecular weight excluding hydrogens is 191 g/mol. The molecule has 1 aromatic carbocycles. The van der Waals surface area contributed by atoms with E-state index >= 15 is 0 Å². The number of allylic oxidation sites excluding steroid dienone is 1. The molecular formula is C10H10Cl2. The monoisotopic (exact) mass is 200 g/mol. The van der Waals surface area contributed by atoms with Gasteiger partial charge in [-0.05, 0) is 30.2 Å². The number of rotatable bonds is 2. The summed E-state index contributed by atoms with van der Waals surface area (Å²) in [5.41, 5.74) is 1.97. The van der Waals surface area contributed by atoms with Crippen molar-refractivity contribution in [1.29, 1.82) is 0 Å². The van der Waals surface area contributed by atoms with Gasteiger partial charge in [0.1, 0.15) is 0 Å². The lowest BCUT2D eigenvalue weighted by Gasteiger charge is -2.07. The van der Waals surface area contributed by atoms with E-state index in [4.69, 9.17) is 23.2 Å². The van der Waals surface area contributed by atoms with Crippen molar-refractivity contribution >= 4 is 28.8 Å². The van der Waals surface area contributed by atoms with E-state index in [2.05, 4.69) is 6.58 Å². The van der Waals surface area contributed by atoms with Gasteiger partial charge in [0.25, 0.3) is 0 Å². The van der Waals surface area contributed by atoms with E-state index in [0.717, 1.165) is 16.2 Å². The van der Waals surface area contributed by atoms with E-state index in [1.165, 1.54) is 0 Å². The quantitative estimate of drug-likeness (QED) is 0.635. The van der Waals surface area contributed by atoms with Gasteiger partial charge in [0, 0.05) is 5.02 Å². The van der Waals surface area contributed by atoms with E-state index in [9.17, 15) is 0 Å². The molecule has 0 saturated carbocycles. The van der Waals surface area contributed by atoms with E-state index < -0.39 is 0 Å². The Kier molecular flexibility index (Phi) is 3.19. The third kappa shape index (κ3) is 2.26. The van der Waals surface area contributed by atoms with E-state index in [0.29, 0.717) is 0 Å². The second-order valence-corrected chi connectivity index (χ2v) is 3.74. The third-order valence-electron chi connectivity index (χ3n) is 1.70. The van der Waals surface area contributed by atoms with Gasteiger partial charge in [-0.1, -0.05) is 30.3 Å². The van der Waals surface area contributed by atoms with Crippen molar-refractivity contribution < 1.29 is 0 Å². The Morgan fingerprint density at radius 2 is 1.83 bits per heavy atom. The van der Waals surface area contributed by atoms with Crippen LogP contribution in [0.1, 0.15) is 12.5 Å². The summed E-state index contributed by atoms with van der Waals surface area (Å²) in [5.74, 6) is 0. The minimum atomic E-state index is -0.0359. The van der Waals surface area contributed by atoms with Gasteiger partial charge in [-0.15, -0.1) is 11.6 Å². The van der Waals surface area contributed by atoms with Crippen LogP contribution in [-0.2, 0) is 0 Å². The van der Waals surface area contributed by atoms with Crippen LogP contribution in [0.4, 0.5) is 0 Å². The van der Waals surface area contributed by atoms with Gasteiger partial charge in [0.15, 0.2) is 0 Å². The molecule has 1 atom stereocenters. The molecule has 12 heavy (non-hydrogen) atoms. The van der Waals surface area contributed by atoms with Crippen LogP contribution in [0.15, 0.2) is 30.8 Å². The van der Waals surface area contributed by atoms with Gasteiger partial charge in [0.05, 0.1) is 5.38 Å². The summed E-state index contributed by atoms with van der Waals surface area (Å²) in [4.78, 5) is 0. The topological polar surface area (TPSA) is 0 Å². The minimum absolute atomic E-state index is 0.0359. The molecule has 0 aromatic heterocycles. The maximum Gasteiger partial charge on any atom is 0.0557 e. The second-order valence-electron chi connectivity index (χ2n) is 2.65. The Hall–Kier alpha value is -0.460. The first-order chi connectivity index (χ1) is 5.61. The fourth-order valence-electron chi connectivity index (χ4n) is 0.894. The second kappa shape index (κ2) is 3.97. The van der Waals surface area contributed by atoms with Gasteiger partial charge >= 0.3 is 0 Å². The number of alkyl halides is 1. The molecule has 0 unspecified atom stereocenters. The first-order valence-electron chi connectivity index (χ1n) is 3.70. The van der Waals surface area contributed by atoms with Gasteiger partial charge in [0.2, 0.25) is 0 Å². The molecule has 0 nitrogen and oxygen atoms in total. The zero-order valence-corrected chi connectivity index (χ0v) is 8.36. The maximum absolute atomic E-state index is 5.87. The van der Waals surface area contributed by atoms with Crippen LogP contribution < -0.4 is 0 Å². The summed E-state index contributed by atoms with van der Waals surface area (Å²) >= 11 is 11.6. The molecule has 64 valence electrons. The summed E-state index contributed by atoms with van der Waals surface area (Å²) in [5, 5.41) is 0.694. The minimum Gasteiger partial charge on any atom is -0.118 e. The smallest absolute Gasteiger partial charge is 0.0557 e. The van der Waals surface area contributed by atoms with Crippen molar-refractivity contribution in [3.05, 3.63) is 41.4 Å². The number of hydrogen-bond acceptors (Lipinski definition) is 0. The molecule has 0 heterocycles. The van der Waals surface area contributed by atoms with Crippen LogP contribution in [0, 0.1) is 0 Å². The molecule has 0 bridgehead atoms. The molecule has 0 amide bonds. The summed E-state index contributed by atoms with van der Waals surface area (Å²) in [6.07, 6.45) is 0. The van der Waals surface area contributed by atoms with Gasteiger partial charge < -0.3 is 0 Å². The van der Waals surface area contributed by atoms with E-state index in [-0.39, 0.29) is 5.38 Å². The van der Waals surface area contributed by atoms with Crippen molar-refractivity contribution in [3.63, 3.8) is 0 Å². The Morgan fingerprint density at radius 1 is 1.33 bits per heavy atom. The highest BCUT2D eigenvalue weighted by atomic mass is 35.5. The highest BCUT2D eigenvalue weighted by Crippen LogP contribution is 2.21. The lowest BCUT2D eigenvalue weighted by atomic mass is 10.1. The van der Waals surface area contributed by atoms with Crippen LogP contribution >= 0.6 is 23.2 Å². The SMILES string of the molecule is C=C(c1ccc(Cl)cc1)[C@@H](C)Cl. The summed E-state index contributed by atoms with van der Waals surface area (Å²) < 4.78 is 0. The Labute approximate surface area is 82.8 Å². The highest BCUT2D eigenvalue weighted by molar-refractivity contribution is 6.30. The predicted octanol–water partition coefficient (Wildman–Crippen LogP) is 3.98. The average Bonchev–Trinajstić information content (AvgIpc) is 2.04. The van der Waals surface area contributed by atoms with Crippen LogP contribution in [0.3, 0.4) is 0 Å². The van der Waals surface area contributed by atoms with Gasteiger partial charge in [-0.2, -0.15) is 0 Å². The van der Waals surface area contributed by atoms with E-state index in [1.54, 1.807) is 0 Å².